The van der Waals surface area contributed by atoms with Gasteiger partial charge in [0.15, 0.2) is 0 Å². The van der Waals surface area contributed by atoms with Gasteiger partial charge in [0.05, 0.1) is 16.5 Å². The third-order valence-electron chi connectivity index (χ3n) is 2.58. The third-order valence-corrected chi connectivity index (χ3v) is 3.90. The fourth-order valence-electron chi connectivity index (χ4n) is 1.84. The van der Waals surface area contributed by atoms with Crippen LogP contribution in [-0.4, -0.2) is 12.7 Å². The van der Waals surface area contributed by atoms with Crippen LogP contribution in [0.4, 0.5) is 0 Å². The van der Waals surface area contributed by atoms with Gasteiger partial charge in [0.2, 0.25) is 0 Å². The van der Waals surface area contributed by atoms with Crippen molar-refractivity contribution in [1.29, 1.82) is 0 Å². The lowest BCUT2D eigenvalue weighted by atomic mass is 9.84. The fourth-order valence-corrected chi connectivity index (χ4v) is 2.99. The van der Waals surface area contributed by atoms with Crippen LogP contribution in [0, 0.1) is 5.41 Å². The first-order valence-corrected chi connectivity index (χ1v) is 6.92. The Hall–Kier alpha value is -0.130. The van der Waals surface area contributed by atoms with Crippen LogP contribution in [0.2, 0.25) is 4.34 Å². The molecule has 2 unspecified atom stereocenters. The Morgan fingerprint density at radius 2 is 2.12 bits per heavy atom. The zero-order valence-corrected chi connectivity index (χ0v) is 12.4. The van der Waals surface area contributed by atoms with E-state index in [9.17, 15) is 0 Å². The first-order valence-electron chi connectivity index (χ1n) is 5.73. The van der Waals surface area contributed by atoms with Crippen molar-refractivity contribution in [3.8, 4) is 0 Å². The number of nitrogens with two attached hydrogens (primary N) is 1. The Morgan fingerprint density at radius 3 is 2.47 bits per heavy atom. The van der Waals surface area contributed by atoms with Crippen molar-refractivity contribution in [2.75, 3.05) is 6.61 Å². The molecule has 0 amide bonds. The topological polar surface area (TPSA) is 47.3 Å². The van der Waals surface area contributed by atoms with Crippen molar-refractivity contribution in [3.63, 3.8) is 0 Å². The molecule has 0 spiro atoms. The van der Waals surface area contributed by atoms with Crippen LogP contribution in [0.25, 0.3) is 0 Å². The lowest BCUT2D eigenvalue weighted by Gasteiger charge is -2.36. The number of rotatable bonds is 5. The largest absolute Gasteiger partial charge is 0.376 e. The highest BCUT2D eigenvalue weighted by Crippen LogP contribution is 2.36. The molecule has 0 aliphatic rings. The second kappa shape index (κ2) is 6.16. The van der Waals surface area contributed by atoms with Gasteiger partial charge in [0.1, 0.15) is 0 Å². The first-order chi connectivity index (χ1) is 7.90. The van der Waals surface area contributed by atoms with Crippen LogP contribution < -0.4 is 11.3 Å². The van der Waals surface area contributed by atoms with Gasteiger partial charge < -0.3 is 4.74 Å². The molecule has 17 heavy (non-hydrogen) atoms. The SMILES string of the molecule is CCOC(C(NN)c1ccc(Cl)s1)C(C)(C)C. The zero-order valence-electron chi connectivity index (χ0n) is 10.8. The van der Waals surface area contributed by atoms with Crippen LogP contribution in [0.1, 0.15) is 38.6 Å². The summed E-state index contributed by atoms with van der Waals surface area (Å²) in [6, 6.07) is 3.85. The van der Waals surface area contributed by atoms with E-state index in [0.29, 0.717) is 6.61 Å². The highest BCUT2D eigenvalue weighted by Gasteiger charge is 2.34. The molecule has 0 fully saturated rings. The smallest absolute Gasteiger partial charge is 0.0931 e. The van der Waals surface area contributed by atoms with E-state index in [1.807, 2.05) is 19.1 Å². The maximum absolute atomic E-state index is 5.97. The molecule has 0 aliphatic heterocycles. The van der Waals surface area contributed by atoms with Gasteiger partial charge in [-0.3, -0.25) is 5.84 Å². The first kappa shape index (κ1) is 14.9. The molecule has 0 aliphatic carbocycles. The van der Waals surface area contributed by atoms with Crippen LogP contribution >= 0.6 is 22.9 Å². The van der Waals surface area contributed by atoms with E-state index in [-0.39, 0.29) is 17.6 Å². The summed E-state index contributed by atoms with van der Waals surface area (Å²) in [5.74, 6) is 5.68. The summed E-state index contributed by atoms with van der Waals surface area (Å²) in [6.45, 7) is 9.10. The number of nitrogens with one attached hydrogen (secondary N) is 1. The van der Waals surface area contributed by atoms with Crippen molar-refractivity contribution >= 4 is 22.9 Å². The lowest BCUT2D eigenvalue weighted by Crippen LogP contribution is -2.44. The summed E-state index contributed by atoms with van der Waals surface area (Å²) >= 11 is 7.50. The monoisotopic (exact) mass is 276 g/mol. The van der Waals surface area contributed by atoms with Crippen molar-refractivity contribution in [1.82, 2.24) is 5.43 Å². The van der Waals surface area contributed by atoms with E-state index in [1.54, 1.807) is 0 Å². The highest BCUT2D eigenvalue weighted by atomic mass is 35.5. The van der Waals surface area contributed by atoms with Gasteiger partial charge in [-0.05, 0) is 24.5 Å². The Bertz CT molecular complexity index is 349. The second-order valence-corrected chi connectivity index (χ2v) is 6.77. The van der Waals surface area contributed by atoms with Crippen molar-refractivity contribution < 1.29 is 4.74 Å². The van der Waals surface area contributed by atoms with Crippen molar-refractivity contribution in [2.24, 2.45) is 11.3 Å². The molecule has 0 radical (unpaired) electrons. The predicted octanol–water partition coefficient (Wildman–Crippen LogP) is 3.36. The molecular formula is C12H21ClN2OS. The standard InChI is InChI=1S/C12H21ClN2OS/c1-5-16-11(12(2,3)4)10(15-14)8-6-7-9(13)17-8/h6-7,10-11,15H,5,14H2,1-4H3. The molecule has 1 heterocycles. The summed E-state index contributed by atoms with van der Waals surface area (Å²) in [5, 5.41) is 0. The maximum Gasteiger partial charge on any atom is 0.0931 e. The highest BCUT2D eigenvalue weighted by molar-refractivity contribution is 7.16. The molecule has 3 nitrogen and oxygen atoms in total. The zero-order chi connectivity index (χ0) is 13.1. The summed E-state index contributed by atoms with van der Waals surface area (Å²) in [6.07, 6.45) is 0.00668. The van der Waals surface area contributed by atoms with E-state index in [0.717, 1.165) is 9.21 Å². The predicted molar refractivity (Wildman–Crippen MR) is 74.3 cm³/mol. The Balaban J connectivity index is 2.97. The second-order valence-electron chi connectivity index (χ2n) is 5.03. The summed E-state index contributed by atoms with van der Waals surface area (Å²) in [7, 11) is 0. The summed E-state index contributed by atoms with van der Waals surface area (Å²) < 4.78 is 6.61. The normalized spacial score (nSPS) is 15.9. The minimum Gasteiger partial charge on any atom is -0.376 e. The number of hydrogen-bond acceptors (Lipinski definition) is 4. The minimum absolute atomic E-state index is 0.00348. The summed E-state index contributed by atoms with van der Waals surface area (Å²) in [4.78, 5) is 1.10. The van der Waals surface area contributed by atoms with E-state index in [1.165, 1.54) is 11.3 Å². The van der Waals surface area contributed by atoms with Gasteiger partial charge in [-0.15, -0.1) is 11.3 Å². The summed E-state index contributed by atoms with van der Waals surface area (Å²) in [5.41, 5.74) is 2.85. The lowest BCUT2D eigenvalue weighted by molar-refractivity contribution is -0.0359. The number of halogens is 1. The number of thiophene rings is 1. The molecule has 98 valence electrons. The molecule has 3 N–H and O–H groups in total. The van der Waals surface area contributed by atoms with E-state index in [2.05, 4.69) is 26.2 Å². The van der Waals surface area contributed by atoms with Crippen LogP contribution in [0.15, 0.2) is 12.1 Å². The molecule has 1 aromatic heterocycles. The average Bonchev–Trinajstić information content (AvgIpc) is 2.63. The Kier molecular flexibility index (Phi) is 5.41. The van der Waals surface area contributed by atoms with Crippen LogP contribution in [0.5, 0.6) is 0 Å². The van der Waals surface area contributed by atoms with Gasteiger partial charge in [0.25, 0.3) is 0 Å². The van der Waals surface area contributed by atoms with Gasteiger partial charge >= 0.3 is 0 Å². The quantitative estimate of drug-likeness (QED) is 0.640. The van der Waals surface area contributed by atoms with Crippen molar-refractivity contribution in [3.05, 3.63) is 21.3 Å². The number of ether oxygens (including phenoxy) is 1. The van der Waals surface area contributed by atoms with E-state index < -0.39 is 0 Å². The van der Waals surface area contributed by atoms with Gasteiger partial charge in [-0.25, -0.2) is 5.43 Å². The number of hydrazine groups is 1. The molecule has 0 saturated heterocycles. The number of hydrogen-bond donors (Lipinski definition) is 2. The van der Waals surface area contributed by atoms with Crippen LogP contribution in [0.3, 0.4) is 0 Å². The van der Waals surface area contributed by atoms with Crippen molar-refractivity contribution in [2.45, 2.75) is 39.8 Å². The third kappa shape index (κ3) is 3.93. The van der Waals surface area contributed by atoms with E-state index in [4.69, 9.17) is 22.2 Å². The average molecular weight is 277 g/mol. The van der Waals surface area contributed by atoms with E-state index >= 15 is 0 Å². The molecule has 0 aromatic carbocycles. The molecule has 5 heteroatoms. The molecule has 0 bridgehead atoms. The van der Waals surface area contributed by atoms with Crippen LogP contribution in [-0.2, 0) is 4.74 Å². The maximum atomic E-state index is 5.97. The van der Waals surface area contributed by atoms with Gasteiger partial charge in [-0.2, -0.15) is 0 Å². The molecule has 0 saturated carbocycles. The molecular weight excluding hydrogens is 256 g/mol. The Morgan fingerprint density at radius 1 is 1.47 bits per heavy atom. The molecule has 2 atom stereocenters. The Labute approximate surface area is 112 Å². The van der Waals surface area contributed by atoms with Gasteiger partial charge in [-0.1, -0.05) is 32.4 Å². The fraction of sp³-hybridized carbons (Fsp3) is 0.667. The molecule has 1 aromatic rings. The van der Waals surface area contributed by atoms with Gasteiger partial charge in [0, 0.05) is 11.5 Å². The minimum atomic E-state index is -0.0348. The molecule has 1 rings (SSSR count).